The standard InChI is InChI=1S/C13H17NO4/c15-11-8-6-9(8)12(16)14(11)10-5-3-1-2-4-7(10)13(17)18/h7-10H,1-6H2,(H,17,18). The fourth-order valence-electron chi connectivity index (χ4n) is 3.42. The number of nitrogens with zero attached hydrogens (tertiary/aromatic N) is 1. The lowest BCUT2D eigenvalue weighted by Crippen LogP contribution is -2.47. The van der Waals surface area contributed by atoms with Crippen LogP contribution in [0.15, 0.2) is 0 Å². The van der Waals surface area contributed by atoms with E-state index in [0.29, 0.717) is 19.3 Å². The molecule has 0 aromatic carbocycles. The molecule has 4 unspecified atom stereocenters. The zero-order valence-corrected chi connectivity index (χ0v) is 10.2. The number of piperidine rings is 1. The molecule has 3 aliphatic rings. The Hall–Kier alpha value is -1.39. The number of imide groups is 1. The summed E-state index contributed by atoms with van der Waals surface area (Å²) in [6.07, 6.45) is 4.67. The lowest BCUT2D eigenvalue weighted by atomic mass is 9.93. The second-order valence-corrected chi connectivity index (χ2v) is 5.65. The van der Waals surface area contributed by atoms with E-state index in [9.17, 15) is 19.5 Å². The predicted octanol–water partition coefficient (Wildman–Crippen LogP) is 1.02. The van der Waals surface area contributed by atoms with Gasteiger partial charge in [0, 0.05) is 0 Å². The van der Waals surface area contributed by atoms with E-state index in [1.165, 1.54) is 4.90 Å². The van der Waals surface area contributed by atoms with E-state index < -0.39 is 17.9 Å². The van der Waals surface area contributed by atoms with Crippen molar-refractivity contribution in [1.82, 2.24) is 4.90 Å². The van der Waals surface area contributed by atoms with Gasteiger partial charge in [-0.05, 0) is 19.3 Å². The minimum Gasteiger partial charge on any atom is -0.481 e. The van der Waals surface area contributed by atoms with Gasteiger partial charge in [0.05, 0.1) is 23.8 Å². The number of hydrogen-bond donors (Lipinski definition) is 1. The molecule has 1 N–H and O–H groups in total. The highest BCUT2D eigenvalue weighted by molar-refractivity contribution is 6.09. The van der Waals surface area contributed by atoms with Gasteiger partial charge in [0.1, 0.15) is 0 Å². The van der Waals surface area contributed by atoms with Crippen molar-refractivity contribution in [2.24, 2.45) is 17.8 Å². The predicted molar refractivity (Wildman–Crippen MR) is 61.4 cm³/mol. The summed E-state index contributed by atoms with van der Waals surface area (Å²) in [5, 5.41) is 9.29. The Morgan fingerprint density at radius 1 is 1.06 bits per heavy atom. The molecule has 2 saturated carbocycles. The molecule has 5 heteroatoms. The molecule has 5 nitrogen and oxygen atoms in total. The van der Waals surface area contributed by atoms with Crippen molar-refractivity contribution in [3.8, 4) is 0 Å². The maximum atomic E-state index is 12.0. The highest BCUT2D eigenvalue weighted by Gasteiger charge is 2.61. The zero-order chi connectivity index (χ0) is 12.9. The Morgan fingerprint density at radius 2 is 1.67 bits per heavy atom. The number of likely N-dealkylation sites (tertiary alicyclic amines) is 1. The van der Waals surface area contributed by atoms with Crippen molar-refractivity contribution < 1.29 is 19.5 Å². The van der Waals surface area contributed by atoms with Gasteiger partial charge in [-0.25, -0.2) is 0 Å². The Morgan fingerprint density at radius 3 is 2.28 bits per heavy atom. The van der Waals surface area contributed by atoms with E-state index in [1.807, 2.05) is 0 Å². The van der Waals surface area contributed by atoms with Crippen LogP contribution < -0.4 is 0 Å². The number of amides is 2. The fraction of sp³-hybridized carbons (Fsp3) is 0.769. The van der Waals surface area contributed by atoms with E-state index in [0.717, 1.165) is 19.3 Å². The second-order valence-electron chi connectivity index (χ2n) is 5.65. The summed E-state index contributed by atoms with van der Waals surface area (Å²) in [6, 6.07) is -0.405. The van der Waals surface area contributed by atoms with Gasteiger partial charge in [-0.3, -0.25) is 19.3 Å². The van der Waals surface area contributed by atoms with Crippen molar-refractivity contribution in [2.75, 3.05) is 0 Å². The number of hydrogen-bond acceptors (Lipinski definition) is 3. The number of carboxylic acids is 1. The number of carbonyl (C=O) groups is 3. The van der Waals surface area contributed by atoms with Crippen LogP contribution in [-0.4, -0.2) is 33.8 Å². The van der Waals surface area contributed by atoms with Gasteiger partial charge in [0.2, 0.25) is 11.8 Å². The Balaban J connectivity index is 1.85. The molecule has 0 bridgehead atoms. The highest BCUT2D eigenvalue weighted by Crippen LogP contribution is 2.49. The van der Waals surface area contributed by atoms with E-state index in [-0.39, 0.29) is 23.7 Å². The summed E-state index contributed by atoms with van der Waals surface area (Å²) in [5.74, 6) is -1.95. The first kappa shape index (κ1) is 11.7. The molecule has 3 rings (SSSR count). The molecule has 0 aromatic rings. The summed E-state index contributed by atoms with van der Waals surface area (Å²) in [5.41, 5.74) is 0. The number of carboxylic acid groups (broad SMARTS) is 1. The zero-order valence-electron chi connectivity index (χ0n) is 10.2. The first-order valence-electron chi connectivity index (χ1n) is 6.71. The molecule has 18 heavy (non-hydrogen) atoms. The third-order valence-corrected chi connectivity index (χ3v) is 4.53. The van der Waals surface area contributed by atoms with Crippen molar-refractivity contribution in [3.63, 3.8) is 0 Å². The van der Waals surface area contributed by atoms with Crippen LogP contribution in [0.1, 0.15) is 38.5 Å². The average Bonchev–Trinajstić information content (AvgIpc) is 3.09. The lowest BCUT2D eigenvalue weighted by molar-refractivity contribution is -0.151. The maximum Gasteiger partial charge on any atom is 0.308 e. The van der Waals surface area contributed by atoms with Gasteiger partial charge in [-0.15, -0.1) is 0 Å². The normalized spacial score (nSPS) is 39.4. The Kier molecular flexibility index (Phi) is 2.64. The van der Waals surface area contributed by atoms with Gasteiger partial charge in [-0.2, -0.15) is 0 Å². The molecule has 0 radical (unpaired) electrons. The molecule has 98 valence electrons. The molecule has 4 atom stereocenters. The van der Waals surface area contributed by atoms with Crippen LogP contribution in [0, 0.1) is 17.8 Å². The molecule has 3 fully saturated rings. The monoisotopic (exact) mass is 251 g/mol. The second kappa shape index (κ2) is 4.07. The van der Waals surface area contributed by atoms with Gasteiger partial charge in [0.25, 0.3) is 0 Å². The van der Waals surface area contributed by atoms with Crippen LogP contribution in [-0.2, 0) is 14.4 Å². The third kappa shape index (κ3) is 1.64. The number of carbonyl (C=O) groups excluding carboxylic acids is 2. The Bertz CT molecular complexity index is 399. The third-order valence-electron chi connectivity index (χ3n) is 4.53. The smallest absolute Gasteiger partial charge is 0.308 e. The molecule has 0 spiro atoms. The summed E-state index contributed by atoms with van der Waals surface area (Å²) >= 11 is 0. The summed E-state index contributed by atoms with van der Waals surface area (Å²) in [7, 11) is 0. The van der Waals surface area contributed by atoms with Crippen LogP contribution in [0.3, 0.4) is 0 Å². The van der Waals surface area contributed by atoms with Crippen LogP contribution in [0.25, 0.3) is 0 Å². The molecular formula is C13H17NO4. The van der Waals surface area contributed by atoms with Crippen LogP contribution in [0.2, 0.25) is 0 Å². The molecular weight excluding hydrogens is 234 g/mol. The Labute approximate surface area is 105 Å². The van der Waals surface area contributed by atoms with E-state index in [2.05, 4.69) is 0 Å². The van der Waals surface area contributed by atoms with Crippen molar-refractivity contribution >= 4 is 17.8 Å². The SMILES string of the molecule is O=C(O)C1CCCCCC1N1C(=O)C2CC2C1=O. The minimum absolute atomic E-state index is 0.122. The van der Waals surface area contributed by atoms with Crippen LogP contribution >= 0.6 is 0 Å². The molecule has 2 aliphatic carbocycles. The summed E-state index contributed by atoms with van der Waals surface area (Å²) in [4.78, 5) is 36.7. The highest BCUT2D eigenvalue weighted by atomic mass is 16.4. The summed E-state index contributed by atoms with van der Waals surface area (Å²) < 4.78 is 0. The van der Waals surface area contributed by atoms with Crippen LogP contribution in [0.4, 0.5) is 0 Å². The first-order chi connectivity index (χ1) is 8.61. The molecule has 2 amide bonds. The summed E-state index contributed by atoms with van der Waals surface area (Å²) in [6.45, 7) is 0. The van der Waals surface area contributed by atoms with E-state index in [4.69, 9.17) is 0 Å². The van der Waals surface area contributed by atoms with E-state index >= 15 is 0 Å². The number of rotatable bonds is 2. The van der Waals surface area contributed by atoms with Gasteiger partial charge < -0.3 is 5.11 Å². The molecule has 1 heterocycles. The average molecular weight is 251 g/mol. The fourth-order valence-corrected chi connectivity index (χ4v) is 3.42. The van der Waals surface area contributed by atoms with E-state index in [1.54, 1.807) is 0 Å². The van der Waals surface area contributed by atoms with Gasteiger partial charge in [0.15, 0.2) is 0 Å². The largest absolute Gasteiger partial charge is 0.481 e. The number of fused-ring (bicyclic) bond motifs is 1. The van der Waals surface area contributed by atoms with Crippen molar-refractivity contribution in [2.45, 2.75) is 44.6 Å². The maximum absolute atomic E-state index is 12.0. The first-order valence-corrected chi connectivity index (χ1v) is 6.71. The quantitative estimate of drug-likeness (QED) is 0.587. The lowest BCUT2D eigenvalue weighted by Gasteiger charge is -2.30. The molecule has 0 aromatic heterocycles. The van der Waals surface area contributed by atoms with Crippen LogP contribution in [0.5, 0.6) is 0 Å². The minimum atomic E-state index is -0.872. The van der Waals surface area contributed by atoms with Crippen molar-refractivity contribution in [1.29, 1.82) is 0 Å². The van der Waals surface area contributed by atoms with Gasteiger partial charge in [-0.1, -0.05) is 19.3 Å². The number of aliphatic carboxylic acids is 1. The van der Waals surface area contributed by atoms with Gasteiger partial charge >= 0.3 is 5.97 Å². The molecule has 1 saturated heterocycles. The van der Waals surface area contributed by atoms with Crippen molar-refractivity contribution in [3.05, 3.63) is 0 Å². The molecule has 1 aliphatic heterocycles. The topological polar surface area (TPSA) is 74.7 Å².